The third-order valence-electron chi connectivity index (χ3n) is 3.38. The Balaban J connectivity index is 1.76. The highest BCUT2D eigenvalue weighted by atomic mass is 35.5. The standard InChI is InChI=1S/C17H16ClN3O/c18-16-6-5-14(12-22)10-17(16)19-11-13-3-1-4-15(9-13)21-8-2-7-20-21/h1-10,19,22H,11-12H2. The van der Waals surface area contributed by atoms with Crippen LogP contribution in [0.25, 0.3) is 5.69 Å². The number of benzene rings is 2. The fourth-order valence-electron chi connectivity index (χ4n) is 2.23. The van der Waals surface area contributed by atoms with Gasteiger partial charge in [-0.25, -0.2) is 4.68 Å². The van der Waals surface area contributed by atoms with Crippen LogP contribution in [0.2, 0.25) is 5.02 Å². The van der Waals surface area contributed by atoms with E-state index in [0.29, 0.717) is 11.6 Å². The van der Waals surface area contributed by atoms with Crippen molar-refractivity contribution in [3.8, 4) is 5.69 Å². The van der Waals surface area contributed by atoms with E-state index in [1.54, 1.807) is 12.3 Å². The van der Waals surface area contributed by atoms with Crippen LogP contribution in [-0.2, 0) is 13.2 Å². The van der Waals surface area contributed by atoms with Crippen LogP contribution in [0.4, 0.5) is 5.69 Å². The maximum atomic E-state index is 9.20. The Labute approximate surface area is 134 Å². The van der Waals surface area contributed by atoms with Gasteiger partial charge in [0.15, 0.2) is 0 Å². The van der Waals surface area contributed by atoms with Gasteiger partial charge in [-0.05, 0) is 41.5 Å². The number of nitrogens with zero attached hydrogens (tertiary/aromatic N) is 2. The Hall–Kier alpha value is -2.30. The highest BCUT2D eigenvalue weighted by Gasteiger charge is 2.03. The molecule has 112 valence electrons. The average Bonchev–Trinajstić information content (AvgIpc) is 3.09. The predicted molar refractivity (Wildman–Crippen MR) is 88.3 cm³/mol. The van der Waals surface area contributed by atoms with Gasteiger partial charge in [-0.3, -0.25) is 0 Å². The monoisotopic (exact) mass is 313 g/mol. The van der Waals surface area contributed by atoms with E-state index in [-0.39, 0.29) is 6.61 Å². The molecule has 0 unspecified atom stereocenters. The Kier molecular flexibility index (Phi) is 4.42. The molecule has 2 aromatic carbocycles. The van der Waals surface area contributed by atoms with Gasteiger partial charge >= 0.3 is 0 Å². The number of aliphatic hydroxyl groups excluding tert-OH is 1. The molecule has 0 atom stereocenters. The quantitative estimate of drug-likeness (QED) is 0.756. The van der Waals surface area contributed by atoms with Crippen molar-refractivity contribution >= 4 is 17.3 Å². The highest BCUT2D eigenvalue weighted by Crippen LogP contribution is 2.24. The first kappa shape index (κ1) is 14.6. The van der Waals surface area contributed by atoms with Gasteiger partial charge < -0.3 is 10.4 Å². The van der Waals surface area contributed by atoms with E-state index in [2.05, 4.69) is 16.5 Å². The van der Waals surface area contributed by atoms with Crippen LogP contribution in [0, 0.1) is 0 Å². The van der Waals surface area contributed by atoms with Crippen LogP contribution in [0.15, 0.2) is 60.9 Å². The number of halogens is 1. The van der Waals surface area contributed by atoms with E-state index < -0.39 is 0 Å². The molecule has 1 heterocycles. The molecule has 0 aliphatic rings. The summed E-state index contributed by atoms with van der Waals surface area (Å²) in [5, 5.41) is 17.4. The summed E-state index contributed by atoms with van der Waals surface area (Å²) in [7, 11) is 0. The second-order valence-electron chi connectivity index (χ2n) is 4.95. The molecule has 3 aromatic rings. The summed E-state index contributed by atoms with van der Waals surface area (Å²) in [4.78, 5) is 0. The summed E-state index contributed by atoms with van der Waals surface area (Å²) < 4.78 is 1.82. The number of hydrogen-bond acceptors (Lipinski definition) is 3. The van der Waals surface area contributed by atoms with E-state index in [4.69, 9.17) is 11.6 Å². The Morgan fingerprint density at radius 2 is 2.00 bits per heavy atom. The first-order chi connectivity index (χ1) is 10.8. The zero-order chi connectivity index (χ0) is 15.4. The van der Waals surface area contributed by atoms with Crippen molar-refractivity contribution in [2.75, 3.05) is 5.32 Å². The molecule has 2 N–H and O–H groups in total. The van der Waals surface area contributed by atoms with Gasteiger partial charge in [0.25, 0.3) is 0 Å². The highest BCUT2D eigenvalue weighted by molar-refractivity contribution is 6.33. The molecule has 0 saturated heterocycles. The molecule has 22 heavy (non-hydrogen) atoms. The summed E-state index contributed by atoms with van der Waals surface area (Å²) in [5.41, 5.74) is 3.79. The number of anilines is 1. The molecule has 0 saturated carbocycles. The third-order valence-corrected chi connectivity index (χ3v) is 3.71. The number of nitrogens with one attached hydrogen (secondary N) is 1. The predicted octanol–water partition coefficient (Wildman–Crippen LogP) is 3.63. The zero-order valence-corrected chi connectivity index (χ0v) is 12.7. The average molecular weight is 314 g/mol. The van der Waals surface area contributed by atoms with Gasteiger partial charge in [-0.15, -0.1) is 0 Å². The van der Waals surface area contributed by atoms with E-state index >= 15 is 0 Å². The summed E-state index contributed by atoms with van der Waals surface area (Å²) >= 11 is 6.17. The van der Waals surface area contributed by atoms with Crippen molar-refractivity contribution in [2.45, 2.75) is 13.2 Å². The maximum Gasteiger partial charge on any atom is 0.0682 e. The van der Waals surface area contributed by atoms with Crippen molar-refractivity contribution in [3.05, 3.63) is 77.1 Å². The van der Waals surface area contributed by atoms with E-state index in [1.165, 1.54) is 0 Å². The van der Waals surface area contributed by atoms with Crippen molar-refractivity contribution < 1.29 is 5.11 Å². The molecular formula is C17H16ClN3O. The third kappa shape index (κ3) is 3.30. The number of aromatic nitrogens is 2. The minimum absolute atomic E-state index is 0.000628. The summed E-state index contributed by atoms with van der Waals surface area (Å²) in [6.45, 7) is 0.643. The lowest BCUT2D eigenvalue weighted by atomic mass is 10.1. The van der Waals surface area contributed by atoms with Crippen molar-refractivity contribution in [1.82, 2.24) is 9.78 Å². The maximum absolute atomic E-state index is 9.20. The largest absolute Gasteiger partial charge is 0.392 e. The molecule has 5 heteroatoms. The van der Waals surface area contributed by atoms with Crippen molar-refractivity contribution in [2.24, 2.45) is 0 Å². The zero-order valence-electron chi connectivity index (χ0n) is 11.9. The van der Waals surface area contributed by atoms with Gasteiger partial charge in [-0.2, -0.15) is 5.10 Å². The van der Waals surface area contributed by atoms with Crippen molar-refractivity contribution in [3.63, 3.8) is 0 Å². The smallest absolute Gasteiger partial charge is 0.0682 e. The van der Waals surface area contributed by atoms with Crippen LogP contribution in [0.1, 0.15) is 11.1 Å². The molecule has 0 radical (unpaired) electrons. The minimum atomic E-state index is 0.000628. The molecule has 1 aromatic heterocycles. The molecule has 4 nitrogen and oxygen atoms in total. The molecule has 3 rings (SSSR count). The molecule has 0 aliphatic heterocycles. The normalized spacial score (nSPS) is 10.6. The Morgan fingerprint density at radius 1 is 1.09 bits per heavy atom. The van der Waals surface area contributed by atoms with Crippen molar-refractivity contribution in [1.29, 1.82) is 0 Å². The summed E-state index contributed by atoms with van der Waals surface area (Å²) in [6.07, 6.45) is 3.67. The van der Waals surface area contributed by atoms with E-state index in [1.807, 2.05) is 47.3 Å². The summed E-state index contributed by atoms with van der Waals surface area (Å²) in [5.74, 6) is 0. The van der Waals surface area contributed by atoms with Crippen LogP contribution >= 0.6 is 11.6 Å². The topological polar surface area (TPSA) is 50.1 Å². The number of aliphatic hydroxyl groups is 1. The lowest BCUT2D eigenvalue weighted by Gasteiger charge is -2.11. The lowest BCUT2D eigenvalue weighted by Crippen LogP contribution is -2.02. The second kappa shape index (κ2) is 6.64. The lowest BCUT2D eigenvalue weighted by molar-refractivity contribution is 0.282. The first-order valence-corrected chi connectivity index (χ1v) is 7.36. The first-order valence-electron chi connectivity index (χ1n) is 6.98. The Morgan fingerprint density at radius 3 is 2.77 bits per heavy atom. The van der Waals surface area contributed by atoms with Gasteiger partial charge in [0.1, 0.15) is 0 Å². The van der Waals surface area contributed by atoms with Crippen LogP contribution in [-0.4, -0.2) is 14.9 Å². The second-order valence-corrected chi connectivity index (χ2v) is 5.35. The van der Waals surface area contributed by atoms with E-state index in [0.717, 1.165) is 22.5 Å². The Bertz CT molecular complexity index is 756. The van der Waals surface area contributed by atoms with E-state index in [9.17, 15) is 5.11 Å². The molecular weight excluding hydrogens is 298 g/mol. The van der Waals surface area contributed by atoms with Gasteiger partial charge in [0, 0.05) is 18.9 Å². The number of rotatable bonds is 5. The van der Waals surface area contributed by atoms with Crippen LogP contribution in [0.5, 0.6) is 0 Å². The minimum Gasteiger partial charge on any atom is -0.392 e. The SMILES string of the molecule is OCc1ccc(Cl)c(NCc2cccc(-n3cccn3)c2)c1. The van der Waals surface area contributed by atoms with Crippen LogP contribution < -0.4 is 5.32 Å². The molecule has 0 amide bonds. The molecule has 0 spiro atoms. The summed E-state index contributed by atoms with van der Waals surface area (Å²) in [6, 6.07) is 15.5. The van der Waals surface area contributed by atoms with Crippen LogP contribution in [0.3, 0.4) is 0 Å². The molecule has 0 bridgehead atoms. The van der Waals surface area contributed by atoms with Gasteiger partial charge in [-0.1, -0.05) is 29.8 Å². The fourth-order valence-corrected chi connectivity index (χ4v) is 2.42. The number of hydrogen-bond donors (Lipinski definition) is 2. The van der Waals surface area contributed by atoms with Gasteiger partial charge in [0.2, 0.25) is 0 Å². The van der Waals surface area contributed by atoms with Gasteiger partial charge in [0.05, 0.1) is 23.0 Å². The fraction of sp³-hybridized carbons (Fsp3) is 0.118. The molecule has 0 aliphatic carbocycles. The molecule has 0 fully saturated rings.